The molecule has 106 valence electrons. The first-order valence-corrected chi connectivity index (χ1v) is 6.76. The van der Waals surface area contributed by atoms with Crippen molar-refractivity contribution in [2.75, 3.05) is 13.0 Å². The Morgan fingerprint density at radius 1 is 1.37 bits per heavy atom. The molecule has 0 saturated carbocycles. The second kappa shape index (κ2) is 7.89. The molecule has 0 spiro atoms. The number of carbonyl (C=O) groups excluding carboxylic acids is 1. The van der Waals surface area contributed by atoms with E-state index in [2.05, 4.69) is 5.32 Å². The molecule has 1 aromatic carbocycles. The summed E-state index contributed by atoms with van der Waals surface area (Å²) in [4.78, 5) is 11.3. The summed E-state index contributed by atoms with van der Waals surface area (Å²) in [6.07, 6.45) is 0.413. The van der Waals surface area contributed by atoms with Crippen LogP contribution >= 0.6 is 11.6 Å². The van der Waals surface area contributed by atoms with E-state index in [-0.39, 0.29) is 12.0 Å². The normalized spacial score (nSPS) is 10.4. The maximum Gasteiger partial charge on any atom is 0.221 e. The minimum Gasteiger partial charge on any atom is -0.493 e. The summed E-state index contributed by atoms with van der Waals surface area (Å²) in [5.74, 6) is 1.64. The standard InChI is InChI=1S/C14H20ClNO3/c1-10(2)19-12-5-4-11(8-13(12)18-3)9-16-14(17)6-7-15/h4-5,8,10H,6-7,9H2,1-3H3,(H,16,17). The first-order valence-electron chi connectivity index (χ1n) is 6.23. The lowest BCUT2D eigenvalue weighted by Crippen LogP contribution is -2.22. The molecule has 0 heterocycles. The van der Waals surface area contributed by atoms with E-state index in [1.807, 2.05) is 32.0 Å². The Labute approximate surface area is 119 Å². The molecule has 0 radical (unpaired) electrons. The number of hydrogen-bond donors (Lipinski definition) is 1. The van der Waals surface area contributed by atoms with Crippen LogP contribution in [0.3, 0.4) is 0 Å². The first kappa shape index (κ1) is 15.6. The van der Waals surface area contributed by atoms with Gasteiger partial charge in [-0.15, -0.1) is 11.6 Å². The van der Waals surface area contributed by atoms with E-state index >= 15 is 0 Å². The van der Waals surface area contributed by atoms with E-state index in [4.69, 9.17) is 21.1 Å². The predicted molar refractivity (Wildman–Crippen MR) is 75.9 cm³/mol. The number of nitrogens with one attached hydrogen (secondary N) is 1. The number of alkyl halides is 1. The van der Waals surface area contributed by atoms with Crippen LogP contribution in [0.15, 0.2) is 18.2 Å². The number of ether oxygens (including phenoxy) is 2. The predicted octanol–water partition coefficient (Wildman–Crippen LogP) is 2.73. The fourth-order valence-corrected chi connectivity index (χ4v) is 1.72. The lowest BCUT2D eigenvalue weighted by molar-refractivity contribution is -0.120. The van der Waals surface area contributed by atoms with Crippen molar-refractivity contribution in [1.82, 2.24) is 5.32 Å². The van der Waals surface area contributed by atoms with Crippen molar-refractivity contribution in [3.8, 4) is 11.5 Å². The second-order valence-electron chi connectivity index (χ2n) is 4.37. The Balaban J connectivity index is 2.68. The third-order valence-corrected chi connectivity index (χ3v) is 2.59. The molecule has 0 aliphatic heterocycles. The summed E-state index contributed by atoms with van der Waals surface area (Å²) in [6, 6.07) is 5.61. The van der Waals surface area contributed by atoms with Gasteiger partial charge in [-0.2, -0.15) is 0 Å². The summed E-state index contributed by atoms with van der Waals surface area (Å²) < 4.78 is 10.9. The first-order chi connectivity index (χ1) is 9.06. The molecular formula is C14H20ClNO3. The second-order valence-corrected chi connectivity index (χ2v) is 4.75. The Kier molecular flexibility index (Phi) is 6.50. The molecule has 0 saturated heterocycles. The van der Waals surface area contributed by atoms with Crippen LogP contribution < -0.4 is 14.8 Å². The highest BCUT2D eigenvalue weighted by atomic mass is 35.5. The smallest absolute Gasteiger partial charge is 0.221 e. The number of benzene rings is 1. The minimum absolute atomic E-state index is 0.0588. The van der Waals surface area contributed by atoms with Crippen LogP contribution in [0.5, 0.6) is 11.5 Å². The highest BCUT2D eigenvalue weighted by Crippen LogP contribution is 2.28. The molecule has 4 nitrogen and oxygen atoms in total. The van der Waals surface area contributed by atoms with Crippen molar-refractivity contribution in [3.63, 3.8) is 0 Å². The fraction of sp³-hybridized carbons (Fsp3) is 0.500. The summed E-state index contributed by atoms with van der Waals surface area (Å²) >= 11 is 5.50. The van der Waals surface area contributed by atoms with Gasteiger partial charge in [0, 0.05) is 18.8 Å². The largest absolute Gasteiger partial charge is 0.493 e. The molecule has 0 fully saturated rings. The van der Waals surface area contributed by atoms with Gasteiger partial charge in [-0.25, -0.2) is 0 Å². The minimum atomic E-state index is -0.0588. The number of halogens is 1. The number of carbonyl (C=O) groups is 1. The zero-order valence-corrected chi connectivity index (χ0v) is 12.3. The van der Waals surface area contributed by atoms with Gasteiger partial charge >= 0.3 is 0 Å². The Hall–Kier alpha value is -1.42. The van der Waals surface area contributed by atoms with E-state index < -0.39 is 0 Å². The Morgan fingerprint density at radius 2 is 2.11 bits per heavy atom. The monoisotopic (exact) mass is 285 g/mol. The van der Waals surface area contributed by atoms with Crippen molar-refractivity contribution in [1.29, 1.82) is 0 Å². The molecule has 1 aromatic rings. The van der Waals surface area contributed by atoms with E-state index in [9.17, 15) is 4.79 Å². The molecule has 1 amide bonds. The molecule has 0 unspecified atom stereocenters. The van der Waals surface area contributed by atoms with Crippen molar-refractivity contribution in [2.45, 2.75) is 32.9 Å². The Morgan fingerprint density at radius 3 is 2.68 bits per heavy atom. The lowest BCUT2D eigenvalue weighted by Gasteiger charge is -2.14. The van der Waals surface area contributed by atoms with Gasteiger partial charge in [0.15, 0.2) is 11.5 Å². The van der Waals surface area contributed by atoms with Crippen molar-refractivity contribution in [3.05, 3.63) is 23.8 Å². The third-order valence-electron chi connectivity index (χ3n) is 2.40. The van der Waals surface area contributed by atoms with Crippen molar-refractivity contribution in [2.24, 2.45) is 0 Å². The summed E-state index contributed by atoms with van der Waals surface area (Å²) in [5.41, 5.74) is 0.955. The van der Waals surface area contributed by atoms with Gasteiger partial charge in [-0.05, 0) is 31.5 Å². The number of hydrogen-bond acceptors (Lipinski definition) is 3. The van der Waals surface area contributed by atoms with E-state index in [1.165, 1.54) is 0 Å². The molecule has 0 bridgehead atoms. The molecule has 1 N–H and O–H groups in total. The van der Waals surface area contributed by atoms with Gasteiger partial charge in [-0.3, -0.25) is 4.79 Å². The van der Waals surface area contributed by atoms with Crippen LogP contribution in [0.2, 0.25) is 0 Å². The molecule has 19 heavy (non-hydrogen) atoms. The van der Waals surface area contributed by atoms with Crippen LogP contribution in [0.4, 0.5) is 0 Å². The average Bonchev–Trinajstić information content (AvgIpc) is 2.37. The quantitative estimate of drug-likeness (QED) is 0.784. The third kappa shape index (κ3) is 5.39. The van der Waals surface area contributed by atoms with Crippen LogP contribution in [-0.4, -0.2) is 25.0 Å². The van der Waals surface area contributed by atoms with Crippen molar-refractivity contribution < 1.29 is 14.3 Å². The number of rotatable bonds is 7. The van der Waals surface area contributed by atoms with Crippen LogP contribution in [-0.2, 0) is 11.3 Å². The van der Waals surface area contributed by atoms with Crippen molar-refractivity contribution >= 4 is 17.5 Å². The summed E-state index contributed by atoms with van der Waals surface area (Å²) in [6.45, 7) is 4.37. The molecule has 0 atom stereocenters. The van der Waals surface area contributed by atoms with Gasteiger partial charge in [0.05, 0.1) is 13.2 Å². The highest BCUT2D eigenvalue weighted by Gasteiger charge is 2.08. The van der Waals surface area contributed by atoms with Crippen LogP contribution in [0, 0.1) is 0 Å². The van der Waals surface area contributed by atoms with E-state index in [1.54, 1.807) is 7.11 Å². The molecule has 0 aliphatic rings. The SMILES string of the molecule is COc1cc(CNC(=O)CCCl)ccc1OC(C)C. The fourth-order valence-electron chi connectivity index (χ4n) is 1.55. The maximum atomic E-state index is 11.3. The van der Waals surface area contributed by atoms with Gasteiger partial charge in [0.25, 0.3) is 0 Å². The molecule has 0 aliphatic carbocycles. The van der Waals surface area contributed by atoms with E-state index in [0.29, 0.717) is 30.3 Å². The summed E-state index contributed by atoms with van der Waals surface area (Å²) in [7, 11) is 1.60. The average molecular weight is 286 g/mol. The van der Waals surface area contributed by atoms with Gasteiger partial charge in [0.1, 0.15) is 0 Å². The molecule has 1 rings (SSSR count). The van der Waals surface area contributed by atoms with Crippen LogP contribution in [0.1, 0.15) is 25.8 Å². The lowest BCUT2D eigenvalue weighted by atomic mass is 10.2. The molecule has 5 heteroatoms. The zero-order valence-electron chi connectivity index (χ0n) is 11.5. The van der Waals surface area contributed by atoms with E-state index in [0.717, 1.165) is 5.56 Å². The van der Waals surface area contributed by atoms with Gasteiger partial charge in [-0.1, -0.05) is 6.07 Å². The maximum absolute atomic E-state index is 11.3. The topological polar surface area (TPSA) is 47.6 Å². The molecular weight excluding hydrogens is 266 g/mol. The molecule has 0 aromatic heterocycles. The van der Waals surface area contributed by atoms with Gasteiger partial charge in [0.2, 0.25) is 5.91 Å². The number of methoxy groups -OCH3 is 1. The summed E-state index contributed by atoms with van der Waals surface area (Å²) in [5, 5.41) is 2.79. The van der Waals surface area contributed by atoms with Gasteiger partial charge < -0.3 is 14.8 Å². The van der Waals surface area contributed by atoms with Crippen LogP contribution in [0.25, 0.3) is 0 Å². The Bertz CT molecular complexity index is 421. The highest BCUT2D eigenvalue weighted by molar-refractivity contribution is 6.18. The zero-order chi connectivity index (χ0) is 14.3. The number of amides is 1.